The van der Waals surface area contributed by atoms with Gasteiger partial charge in [-0.2, -0.15) is 0 Å². The topological polar surface area (TPSA) is 53.6 Å². The van der Waals surface area contributed by atoms with E-state index in [2.05, 4.69) is 31.5 Å². The first-order valence-corrected chi connectivity index (χ1v) is 8.81. The molecule has 0 aliphatic heterocycles. The van der Waals surface area contributed by atoms with Crippen molar-refractivity contribution in [1.29, 1.82) is 0 Å². The number of aryl methyl sites for hydroxylation is 1. The van der Waals surface area contributed by atoms with E-state index in [9.17, 15) is 4.79 Å². The van der Waals surface area contributed by atoms with Crippen LogP contribution >= 0.6 is 15.9 Å². The number of ether oxygens (including phenoxy) is 1. The molecule has 1 atom stereocenters. The lowest BCUT2D eigenvalue weighted by atomic mass is 10.1. The monoisotopic (exact) mass is 405 g/mol. The van der Waals surface area contributed by atoms with Crippen LogP contribution in [-0.2, 0) is 0 Å². The van der Waals surface area contributed by atoms with Crippen molar-refractivity contribution in [3.05, 3.63) is 58.1 Å². The predicted octanol–water partition coefficient (Wildman–Crippen LogP) is 4.19. The van der Waals surface area contributed by atoms with Crippen molar-refractivity contribution in [1.82, 2.24) is 10.2 Å². The minimum atomic E-state index is -0.237. The summed E-state index contributed by atoms with van der Waals surface area (Å²) in [7, 11) is 5.62. The van der Waals surface area contributed by atoms with Gasteiger partial charge in [0.1, 0.15) is 5.75 Å². The van der Waals surface area contributed by atoms with Crippen LogP contribution in [0, 0.1) is 6.92 Å². The molecule has 2 rings (SSSR count). The zero-order valence-corrected chi connectivity index (χ0v) is 16.6. The van der Waals surface area contributed by atoms with Crippen molar-refractivity contribution in [2.45, 2.75) is 13.0 Å². The first-order valence-electron chi connectivity index (χ1n) is 8.02. The maximum absolute atomic E-state index is 12.2. The largest absolute Gasteiger partial charge is 0.497 e. The molecule has 0 saturated carbocycles. The Balaban J connectivity index is 2.01. The highest BCUT2D eigenvalue weighted by Gasteiger charge is 2.16. The van der Waals surface area contributed by atoms with Crippen LogP contribution < -0.4 is 15.4 Å². The minimum Gasteiger partial charge on any atom is -0.497 e. The van der Waals surface area contributed by atoms with Gasteiger partial charge in [-0.15, -0.1) is 0 Å². The Labute approximate surface area is 157 Å². The summed E-state index contributed by atoms with van der Waals surface area (Å²) in [6.45, 7) is 2.49. The Kier molecular flexibility index (Phi) is 6.84. The predicted molar refractivity (Wildman–Crippen MR) is 105 cm³/mol. The Hall–Kier alpha value is -2.05. The number of nitrogens with one attached hydrogen (secondary N) is 2. The molecule has 0 saturated heterocycles. The number of carbonyl (C=O) groups excluding carboxylic acids is 1. The highest BCUT2D eigenvalue weighted by Crippen LogP contribution is 2.24. The fourth-order valence-electron chi connectivity index (χ4n) is 2.52. The number of amides is 2. The third kappa shape index (κ3) is 5.47. The summed E-state index contributed by atoms with van der Waals surface area (Å²) >= 11 is 3.47. The second kappa shape index (κ2) is 8.87. The van der Waals surface area contributed by atoms with E-state index < -0.39 is 0 Å². The Bertz CT molecular complexity index is 734. The maximum Gasteiger partial charge on any atom is 0.319 e. The van der Waals surface area contributed by atoms with Gasteiger partial charge in [-0.25, -0.2) is 4.79 Å². The number of likely N-dealkylation sites (N-methyl/N-ethyl adjacent to an activating group) is 1. The zero-order valence-electron chi connectivity index (χ0n) is 15.0. The van der Waals surface area contributed by atoms with Crippen molar-refractivity contribution in [3.63, 3.8) is 0 Å². The number of methoxy groups -OCH3 is 1. The van der Waals surface area contributed by atoms with Crippen molar-refractivity contribution in [3.8, 4) is 5.75 Å². The van der Waals surface area contributed by atoms with Gasteiger partial charge in [0, 0.05) is 11.0 Å². The van der Waals surface area contributed by atoms with Crippen molar-refractivity contribution < 1.29 is 9.53 Å². The summed E-state index contributed by atoms with van der Waals surface area (Å²) < 4.78 is 6.15. The van der Waals surface area contributed by atoms with Crippen LogP contribution in [0.1, 0.15) is 17.2 Å². The van der Waals surface area contributed by atoms with Gasteiger partial charge < -0.3 is 20.3 Å². The SMILES string of the molecule is COc1cccc(C(CNC(=O)Nc2ccc(C)cc2Br)N(C)C)c1. The lowest BCUT2D eigenvalue weighted by Crippen LogP contribution is -2.37. The van der Waals surface area contributed by atoms with Crippen LogP contribution in [-0.4, -0.2) is 38.7 Å². The van der Waals surface area contributed by atoms with E-state index in [0.29, 0.717) is 6.54 Å². The van der Waals surface area contributed by atoms with Gasteiger partial charge in [0.25, 0.3) is 0 Å². The van der Waals surface area contributed by atoms with E-state index in [0.717, 1.165) is 27.0 Å². The Morgan fingerprint density at radius 3 is 2.64 bits per heavy atom. The normalized spacial score (nSPS) is 11.9. The van der Waals surface area contributed by atoms with Gasteiger partial charge in [0.15, 0.2) is 0 Å². The fourth-order valence-corrected chi connectivity index (χ4v) is 3.12. The summed E-state index contributed by atoms with van der Waals surface area (Å²) in [6.07, 6.45) is 0. The molecule has 0 bridgehead atoms. The van der Waals surface area contributed by atoms with E-state index in [4.69, 9.17) is 4.74 Å². The lowest BCUT2D eigenvalue weighted by molar-refractivity contribution is 0.243. The Morgan fingerprint density at radius 1 is 1.24 bits per heavy atom. The number of hydrogen-bond acceptors (Lipinski definition) is 3. The van der Waals surface area contributed by atoms with Crippen molar-refractivity contribution >= 4 is 27.6 Å². The molecule has 1 unspecified atom stereocenters. The molecule has 0 radical (unpaired) electrons. The van der Waals surface area contributed by atoms with E-state index in [-0.39, 0.29) is 12.1 Å². The summed E-state index contributed by atoms with van der Waals surface area (Å²) in [5.41, 5.74) is 2.95. The third-order valence-electron chi connectivity index (χ3n) is 3.93. The fraction of sp³-hybridized carbons (Fsp3) is 0.316. The number of halogens is 1. The molecule has 5 nitrogen and oxygen atoms in total. The Morgan fingerprint density at radius 2 is 2.00 bits per heavy atom. The molecule has 0 spiro atoms. The number of rotatable bonds is 6. The molecular weight excluding hydrogens is 382 g/mol. The lowest BCUT2D eigenvalue weighted by Gasteiger charge is -2.25. The van der Waals surface area contributed by atoms with E-state index in [1.807, 2.05) is 63.5 Å². The van der Waals surface area contributed by atoms with Crippen LogP contribution in [0.15, 0.2) is 46.9 Å². The molecule has 134 valence electrons. The number of urea groups is 1. The second-order valence-corrected chi connectivity index (χ2v) is 6.93. The van der Waals surface area contributed by atoms with Gasteiger partial charge in [0.2, 0.25) is 0 Å². The number of nitrogens with zero attached hydrogens (tertiary/aromatic N) is 1. The number of hydrogen-bond donors (Lipinski definition) is 2. The van der Waals surface area contributed by atoms with Gasteiger partial charge in [-0.05, 0) is 72.3 Å². The molecule has 0 fully saturated rings. The average Bonchev–Trinajstić information content (AvgIpc) is 2.57. The highest BCUT2D eigenvalue weighted by atomic mass is 79.9. The van der Waals surface area contributed by atoms with Crippen LogP contribution in [0.3, 0.4) is 0 Å². The average molecular weight is 406 g/mol. The number of anilines is 1. The van der Waals surface area contributed by atoms with Crippen LogP contribution in [0.4, 0.5) is 10.5 Å². The summed E-state index contributed by atoms with van der Waals surface area (Å²) in [5.74, 6) is 0.803. The molecule has 0 aliphatic rings. The zero-order chi connectivity index (χ0) is 18.4. The highest BCUT2D eigenvalue weighted by molar-refractivity contribution is 9.10. The molecule has 0 aromatic heterocycles. The van der Waals surface area contributed by atoms with Crippen LogP contribution in [0.2, 0.25) is 0 Å². The first-order chi connectivity index (χ1) is 11.9. The van der Waals surface area contributed by atoms with Gasteiger partial charge in [0.05, 0.1) is 18.8 Å². The smallest absolute Gasteiger partial charge is 0.319 e. The van der Waals surface area contributed by atoms with Gasteiger partial charge in [-0.1, -0.05) is 18.2 Å². The quantitative estimate of drug-likeness (QED) is 0.757. The van der Waals surface area contributed by atoms with Crippen LogP contribution in [0.25, 0.3) is 0 Å². The van der Waals surface area contributed by atoms with Gasteiger partial charge in [-0.3, -0.25) is 0 Å². The van der Waals surface area contributed by atoms with E-state index in [1.54, 1.807) is 7.11 Å². The molecule has 0 aliphatic carbocycles. The molecule has 2 aromatic rings. The molecule has 25 heavy (non-hydrogen) atoms. The number of benzene rings is 2. The maximum atomic E-state index is 12.2. The summed E-state index contributed by atoms with van der Waals surface area (Å²) in [5, 5.41) is 5.80. The summed E-state index contributed by atoms with van der Waals surface area (Å²) in [4.78, 5) is 14.3. The number of carbonyl (C=O) groups is 1. The van der Waals surface area contributed by atoms with Gasteiger partial charge >= 0.3 is 6.03 Å². The molecule has 6 heteroatoms. The minimum absolute atomic E-state index is 0.0438. The van der Waals surface area contributed by atoms with Crippen LogP contribution in [0.5, 0.6) is 5.75 Å². The molecule has 2 N–H and O–H groups in total. The summed E-state index contributed by atoms with van der Waals surface area (Å²) in [6, 6.07) is 13.5. The van der Waals surface area contributed by atoms with E-state index >= 15 is 0 Å². The van der Waals surface area contributed by atoms with Crippen molar-refractivity contribution in [2.75, 3.05) is 33.1 Å². The second-order valence-electron chi connectivity index (χ2n) is 6.07. The molecule has 0 heterocycles. The molecule has 2 amide bonds. The molecule has 2 aromatic carbocycles. The van der Waals surface area contributed by atoms with Crippen molar-refractivity contribution in [2.24, 2.45) is 0 Å². The molecular formula is C19H24BrN3O2. The third-order valence-corrected chi connectivity index (χ3v) is 4.59. The first kappa shape index (κ1) is 19.3. The van der Waals surface area contributed by atoms with E-state index in [1.165, 1.54) is 0 Å². The standard InChI is InChI=1S/C19H24BrN3O2/c1-13-8-9-17(16(20)10-13)22-19(24)21-12-18(23(2)3)14-6-5-7-15(11-14)25-4/h5-11,18H,12H2,1-4H3,(H2,21,22,24).